The second kappa shape index (κ2) is 3.23. The molecule has 2 N–H and O–H groups in total. The number of ether oxygens (including phenoxy) is 1. The fourth-order valence-corrected chi connectivity index (χ4v) is 2.08. The molecular weight excluding hydrogens is 218 g/mol. The standard InChI is InChI=1S/C9H12BrNO/c10-6-1-2-9-7(5-6)8(11)3-4-12-9/h5,8H,1-4,11H2. The minimum absolute atomic E-state index is 0.182. The number of nitrogens with two attached hydrogens (primary N) is 1. The number of allylic oxidation sites excluding steroid dienone is 2. The van der Waals surface area contributed by atoms with Crippen LogP contribution >= 0.6 is 15.9 Å². The Kier molecular flexibility index (Phi) is 2.24. The van der Waals surface area contributed by atoms with Crippen LogP contribution in [0.15, 0.2) is 21.9 Å². The Hall–Kier alpha value is -0.280. The molecule has 2 nitrogen and oxygen atoms in total. The van der Waals surface area contributed by atoms with E-state index in [4.69, 9.17) is 10.5 Å². The number of rotatable bonds is 0. The molecular formula is C9H12BrNO. The van der Waals surface area contributed by atoms with E-state index in [-0.39, 0.29) is 6.04 Å². The zero-order valence-electron chi connectivity index (χ0n) is 6.85. The van der Waals surface area contributed by atoms with E-state index in [0.717, 1.165) is 31.6 Å². The van der Waals surface area contributed by atoms with E-state index < -0.39 is 0 Å². The van der Waals surface area contributed by atoms with Gasteiger partial charge >= 0.3 is 0 Å². The lowest BCUT2D eigenvalue weighted by Gasteiger charge is -2.27. The Morgan fingerprint density at radius 1 is 1.50 bits per heavy atom. The van der Waals surface area contributed by atoms with Crippen molar-refractivity contribution in [1.29, 1.82) is 0 Å². The number of hydrogen-bond acceptors (Lipinski definition) is 2. The van der Waals surface area contributed by atoms with E-state index in [1.807, 2.05) is 0 Å². The number of hydrogen-bond donors (Lipinski definition) is 1. The molecule has 1 aliphatic heterocycles. The Bertz CT molecular complexity index is 257. The van der Waals surface area contributed by atoms with E-state index in [9.17, 15) is 0 Å². The molecule has 0 bridgehead atoms. The summed E-state index contributed by atoms with van der Waals surface area (Å²) in [6.07, 6.45) is 5.10. The van der Waals surface area contributed by atoms with Crippen molar-refractivity contribution in [2.75, 3.05) is 6.61 Å². The molecule has 1 atom stereocenters. The van der Waals surface area contributed by atoms with Gasteiger partial charge in [0.1, 0.15) is 5.76 Å². The highest BCUT2D eigenvalue weighted by molar-refractivity contribution is 9.11. The highest BCUT2D eigenvalue weighted by Crippen LogP contribution is 2.32. The summed E-state index contributed by atoms with van der Waals surface area (Å²) in [6, 6.07) is 0.182. The van der Waals surface area contributed by atoms with Crippen LogP contribution in [0.2, 0.25) is 0 Å². The molecule has 0 aromatic rings. The molecule has 2 aliphatic rings. The van der Waals surface area contributed by atoms with Crippen LogP contribution in [0.5, 0.6) is 0 Å². The molecule has 0 aromatic carbocycles. The number of halogens is 1. The predicted octanol–water partition coefficient (Wildman–Crippen LogP) is 2.06. The van der Waals surface area contributed by atoms with Gasteiger partial charge in [0.15, 0.2) is 0 Å². The Morgan fingerprint density at radius 3 is 3.17 bits per heavy atom. The van der Waals surface area contributed by atoms with Gasteiger partial charge in [-0.05, 0) is 17.0 Å². The van der Waals surface area contributed by atoms with Gasteiger partial charge in [0.2, 0.25) is 0 Å². The van der Waals surface area contributed by atoms with Crippen LogP contribution in [0.1, 0.15) is 19.3 Å². The van der Waals surface area contributed by atoms with Crippen LogP contribution in [-0.2, 0) is 4.74 Å². The van der Waals surface area contributed by atoms with Crippen molar-refractivity contribution in [2.24, 2.45) is 5.73 Å². The van der Waals surface area contributed by atoms with Gasteiger partial charge in [0.25, 0.3) is 0 Å². The van der Waals surface area contributed by atoms with Gasteiger partial charge in [-0.25, -0.2) is 0 Å². The van der Waals surface area contributed by atoms with Crippen molar-refractivity contribution in [3.63, 3.8) is 0 Å². The first kappa shape index (κ1) is 8.32. The monoisotopic (exact) mass is 229 g/mol. The third-order valence-electron chi connectivity index (χ3n) is 2.33. The molecule has 1 heterocycles. The average molecular weight is 230 g/mol. The second-order valence-electron chi connectivity index (χ2n) is 3.21. The van der Waals surface area contributed by atoms with Crippen molar-refractivity contribution >= 4 is 15.9 Å². The Morgan fingerprint density at radius 2 is 2.33 bits per heavy atom. The maximum Gasteiger partial charge on any atom is 0.101 e. The van der Waals surface area contributed by atoms with Crippen LogP contribution in [0.25, 0.3) is 0 Å². The van der Waals surface area contributed by atoms with E-state index in [1.165, 1.54) is 10.1 Å². The van der Waals surface area contributed by atoms with Crippen LogP contribution < -0.4 is 5.73 Å². The van der Waals surface area contributed by atoms with Gasteiger partial charge in [-0.2, -0.15) is 0 Å². The van der Waals surface area contributed by atoms with Crippen molar-refractivity contribution in [1.82, 2.24) is 0 Å². The van der Waals surface area contributed by atoms with Crippen LogP contribution in [0, 0.1) is 0 Å². The minimum Gasteiger partial charge on any atom is -0.498 e. The van der Waals surface area contributed by atoms with Crippen molar-refractivity contribution in [3.05, 3.63) is 21.9 Å². The Labute approximate surface area is 80.6 Å². The average Bonchev–Trinajstić information content (AvgIpc) is 2.07. The predicted molar refractivity (Wildman–Crippen MR) is 51.8 cm³/mol. The summed E-state index contributed by atoms with van der Waals surface area (Å²) in [7, 11) is 0. The molecule has 66 valence electrons. The fraction of sp³-hybridized carbons (Fsp3) is 0.556. The summed E-state index contributed by atoms with van der Waals surface area (Å²) in [4.78, 5) is 0. The maximum absolute atomic E-state index is 5.95. The summed E-state index contributed by atoms with van der Waals surface area (Å²) in [6.45, 7) is 0.783. The molecule has 0 amide bonds. The van der Waals surface area contributed by atoms with Crippen LogP contribution in [0.3, 0.4) is 0 Å². The van der Waals surface area contributed by atoms with Gasteiger partial charge < -0.3 is 10.5 Å². The summed E-state index contributed by atoms with van der Waals surface area (Å²) in [5, 5.41) is 0. The third-order valence-corrected chi connectivity index (χ3v) is 2.96. The molecule has 1 unspecified atom stereocenters. The molecule has 1 aliphatic carbocycles. The van der Waals surface area contributed by atoms with E-state index in [0.29, 0.717) is 0 Å². The lowest BCUT2D eigenvalue weighted by Crippen LogP contribution is -2.30. The van der Waals surface area contributed by atoms with Gasteiger partial charge in [0, 0.05) is 24.5 Å². The largest absolute Gasteiger partial charge is 0.498 e. The first-order chi connectivity index (χ1) is 5.77. The van der Waals surface area contributed by atoms with Gasteiger partial charge in [-0.15, -0.1) is 0 Å². The zero-order chi connectivity index (χ0) is 8.55. The topological polar surface area (TPSA) is 35.2 Å². The highest BCUT2D eigenvalue weighted by atomic mass is 79.9. The molecule has 0 spiro atoms. The highest BCUT2D eigenvalue weighted by Gasteiger charge is 2.22. The molecule has 0 aromatic heterocycles. The zero-order valence-corrected chi connectivity index (χ0v) is 8.43. The van der Waals surface area contributed by atoms with E-state index in [2.05, 4.69) is 22.0 Å². The summed E-state index contributed by atoms with van der Waals surface area (Å²) in [5.41, 5.74) is 7.14. The van der Waals surface area contributed by atoms with Crippen LogP contribution in [-0.4, -0.2) is 12.6 Å². The molecule has 0 fully saturated rings. The SMILES string of the molecule is NC1CCOC2=C1C=C(Br)CC2. The van der Waals surface area contributed by atoms with Crippen molar-refractivity contribution in [3.8, 4) is 0 Å². The quantitative estimate of drug-likeness (QED) is 0.691. The molecule has 0 radical (unpaired) electrons. The Balaban J connectivity index is 2.31. The lowest BCUT2D eigenvalue weighted by molar-refractivity contribution is 0.171. The second-order valence-corrected chi connectivity index (χ2v) is 4.23. The van der Waals surface area contributed by atoms with E-state index >= 15 is 0 Å². The third kappa shape index (κ3) is 1.43. The smallest absolute Gasteiger partial charge is 0.101 e. The van der Waals surface area contributed by atoms with Crippen LogP contribution in [0.4, 0.5) is 0 Å². The first-order valence-corrected chi connectivity index (χ1v) is 5.04. The van der Waals surface area contributed by atoms with E-state index in [1.54, 1.807) is 0 Å². The molecule has 0 saturated heterocycles. The van der Waals surface area contributed by atoms with Crippen molar-refractivity contribution in [2.45, 2.75) is 25.3 Å². The lowest BCUT2D eigenvalue weighted by atomic mass is 9.95. The van der Waals surface area contributed by atoms with Gasteiger partial charge in [-0.3, -0.25) is 0 Å². The summed E-state index contributed by atoms with van der Waals surface area (Å²) in [5.74, 6) is 1.11. The molecule has 12 heavy (non-hydrogen) atoms. The minimum atomic E-state index is 0.182. The first-order valence-electron chi connectivity index (χ1n) is 4.25. The molecule has 3 heteroatoms. The molecule has 0 saturated carbocycles. The molecule has 2 rings (SSSR count). The summed E-state index contributed by atoms with van der Waals surface area (Å²) < 4.78 is 6.77. The summed E-state index contributed by atoms with van der Waals surface area (Å²) >= 11 is 3.49. The van der Waals surface area contributed by atoms with Gasteiger partial charge in [-0.1, -0.05) is 15.9 Å². The van der Waals surface area contributed by atoms with Gasteiger partial charge in [0.05, 0.1) is 6.61 Å². The maximum atomic E-state index is 5.95. The van der Waals surface area contributed by atoms with Crippen molar-refractivity contribution < 1.29 is 4.74 Å². The fourth-order valence-electron chi connectivity index (χ4n) is 1.63. The normalized spacial score (nSPS) is 29.2.